The summed E-state index contributed by atoms with van der Waals surface area (Å²) in [5, 5.41) is 4.52. The highest BCUT2D eigenvalue weighted by Gasteiger charge is 2.11. The fourth-order valence-electron chi connectivity index (χ4n) is 2.99. The predicted molar refractivity (Wildman–Crippen MR) is 112 cm³/mol. The molecule has 0 saturated carbocycles. The van der Waals surface area contributed by atoms with Gasteiger partial charge in [-0.3, -0.25) is 0 Å². The van der Waals surface area contributed by atoms with Gasteiger partial charge in [-0.1, -0.05) is 71.4 Å². The molecule has 0 spiro atoms. The highest BCUT2D eigenvalue weighted by atomic mass is 79.9. The van der Waals surface area contributed by atoms with Gasteiger partial charge in [-0.15, -0.1) is 0 Å². The van der Waals surface area contributed by atoms with Crippen molar-refractivity contribution in [1.82, 2.24) is 9.97 Å². The van der Waals surface area contributed by atoms with Crippen molar-refractivity contribution >= 4 is 38.3 Å². The Kier molecular flexibility index (Phi) is 4.67. The summed E-state index contributed by atoms with van der Waals surface area (Å²) < 4.78 is 1.01. The number of aromatic nitrogens is 2. The van der Waals surface area contributed by atoms with Crippen LogP contribution < -0.4 is 5.32 Å². The van der Waals surface area contributed by atoms with Crippen LogP contribution in [0.2, 0.25) is 0 Å². The number of aryl methyl sites for hydroxylation is 1. The molecule has 3 aromatic carbocycles. The molecule has 0 aliphatic carbocycles. The van der Waals surface area contributed by atoms with Gasteiger partial charge >= 0.3 is 0 Å². The van der Waals surface area contributed by atoms with E-state index >= 15 is 0 Å². The van der Waals surface area contributed by atoms with E-state index in [1.165, 1.54) is 5.56 Å². The zero-order chi connectivity index (χ0) is 17.9. The lowest BCUT2D eigenvalue weighted by Crippen LogP contribution is -2.01. The minimum atomic E-state index is 0.719. The van der Waals surface area contributed by atoms with E-state index in [2.05, 4.69) is 52.4 Å². The van der Waals surface area contributed by atoms with Crippen LogP contribution in [0.25, 0.3) is 22.3 Å². The van der Waals surface area contributed by atoms with Crippen LogP contribution in [0.15, 0.2) is 77.3 Å². The number of hydrogen-bond donors (Lipinski definition) is 1. The lowest BCUT2D eigenvalue weighted by Gasteiger charge is -2.14. The van der Waals surface area contributed by atoms with Crippen LogP contribution in [0, 0.1) is 0 Å². The Balaban J connectivity index is 1.90. The van der Waals surface area contributed by atoms with Crippen molar-refractivity contribution in [3.05, 3.63) is 82.8 Å². The Morgan fingerprint density at radius 1 is 0.885 bits per heavy atom. The maximum atomic E-state index is 4.84. The van der Waals surface area contributed by atoms with E-state index in [1.807, 2.05) is 48.5 Å². The van der Waals surface area contributed by atoms with Crippen LogP contribution in [0.4, 0.5) is 11.5 Å². The fourth-order valence-corrected chi connectivity index (χ4v) is 3.35. The van der Waals surface area contributed by atoms with E-state index in [9.17, 15) is 0 Å². The molecule has 0 fully saturated rings. The topological polar surface area (TPSA) is 37.8 Å². The van der Waals surface area contributed by atoms with Crippen LogP contribution in [-0.4, -0.2) is 9.97 Å². The third-order valence-corrected chi connectivity index (χ3v) is 4.83. The van der Waals surface area contributed by atoms with Crippen molar-refractivity contribution < 1.29 is 0 Å². The molecule has 1 N–H and O–H groups in total. The Morgan fingerprint density at radius 2 is 1.65 bits per heavy atom. The molecule has 1 aromatic heterocycles. The number of nitrogens with one attached hydrogen (secondary N) is 1. The van der Waals surface area contributed by atoms with E-state index in [-0.39, 0.29) is 0 Å². The van der Waals surface area contributed by atoms with Gasteiger partial charge in [-0.2, -0.15) is 0 Å². The summed E-state index contributed by atoms with van der Waals surface area (Å²) in [4.78, 5) is 9.60. The van der Waals surface area contributed by atoms with Gasteiger partial charge in [0, 0.05) is 21.1 Å². The summed E-state index contributed by atoms with van der Waals surface area (Å²) >= 11 is 3.56. The number of anilines is 2. The van der Waals surface area contributed by atoms with Crippen molar-refractivity contribution in [2.75, 3.05) is 5.32 Å². The SMILES string of the molecule is CCc1ccccc1Nc1nc(-c2ccccc2)nc2ccc(Br)cc12. The highest BCUT2D eigenvalue weighted by Crippen LogP contribution is 2.30. The lowest BCUT2D eigenvalue weighted by atomic mass is 10.1. The quantitative estimate of drug-likeness (QED) is 0.430. The Bertz CT molecular complexity index is 1060. The van der Waals surface area contributed by atoms with Gasteiger partial charge in [0.15, 0.2) is 5.82 Å². The molecule has 128 valence electrons. The van der Waals surface area contributed by atoms with Crippen LogP contribution in [0.3, 0.4) is 0 Å². The predicted octanol–water partition coefficient (Wildman–Crippen LogP) is 6.37. The average Bonchev–Trinajstić information content (AvgIpc) is 2.69. The molecule has 0 aliphatic heterocycles. The molecule has 1 heterocycles. The molecule has 26 heavy (non-hydrogen) atoms. The first kappa shape index (κ1) is 16.7. The van der Waals surface area contributed by atoms with Crippen molar-refractivity contribution in [2.45, 2.75) is 13.3 Å². The largest absolute Gasteiger partial charge is 0.339 e. The maximum absolute atomic E-state index is 4.84. The standard InChI is InChI=1S/C22H18BrN3/c1-2-15-8-6-7-11-19(15)24-22-18-14-17(23)12-13-20(18)25-21(26-22)16-9-4-3-5-10-16/h3-14H,2H2,1H3,(H,24,25,26). The van der Waals surface area contributed by atoms with Gasteiger partial charge in [0.1, 0.15) is 5.82 Å². The van der Waals surface area contributed by atoms with Gasteiger partial charge < -0.3 is 5.32 Å². The van der Waals surface area contributed by atoms with E-state index in [4.69, 9.17) is 9.97 Å². The molecular formula is C22H18BrN3. The zero-order valence-electron chi connectivity index (χ0n) is 14.4. The number of nitrogens with zero attached hydrogens (tertiary/aromatic N) is 2. The zero-order valence-corrected chi connectivity index (χ0v) is 16.0. The molecule has 0 saturated heterocycles. The first-order valence-electron chi connectivity index (χ1n) is 8.62. The van der Waals surface area contributed by atoms with E-state index in [1.54, 1.807) is 0 Å². The number of hydrogen-bond acceptors (Lipinski definition) is 3. The van der Waals surface area contributed by atoms with Gasteiger partial charge in [0.25, 0.3) is 0 Å². The van der Waals surface area contributed by atoms with Gasteiger partial charge in [0.2, 0.25) is 0 Å². The third kappa shape index (κ3) is 3.33. The molecule has 4 heteroatoms. The molecule has 4 rings (SSSR count). The summed E-state index contributed by atoms with van der Waals surface area (Å²) in [7, 11) is 0. The normalized spacial score (nSPS) is 10.8. The molecule has 0 atom stereocenters. The second kappa shape index (κ2) is 7.26. The second-order valence-corrected chi connectivity index (χ2v) is 6.97. The highest BCUT2D eigenvalue weighted by molar-refractivity contribution is 9.10. The second-order valence-electron chi connectivity index (χ2n) is 6.06. The molecular weight excluding hydrogens is 386 g/mol. The summed E-state index contributed by atoms with van der Waals surface area (Å²) in [5.41, 5.74) is 4.26. The molecule has 0 bridgehead atoms. The van der Waals surface area contributed by atoms with Crippen molar-refractivity contribution in [2.24, 2.45) is 0 Å². The summed E-state index contributed by atoms with van der Waals surface area (Å²) in [6, 6.07) is 24.5. The minimum Gasteiger partial charge on any atom is -0.339 e. The molecule has 4 aromatic rings. The van der Waals surface area contributed by atoms with Gasteiger partial charge in [-0.05, 0) is 36.2 Å². The number of fused-ring (bicyclic) bond motifs is 1. The van der Waals surface area contributed by atoms with Crippen LogP contribution in [0.5, 0.6) is 0 Å². The fraction of sp³-hybridized carbons (Fsp3) is 0.0909. The summed E-state index contributed by atoms with van der Waals surface area (Å²) in [5.74, 6) is 1.54. The number of halogens is 1. The smallest absolute Gasteiger partial charge is 0.162 e. The van der Waals surface area contributed by atoms with Crippen molar-refractivity contribution in [1.29, 1.82) is 0 Å². The van der Waals surface area contributed by atoms with Crippen LogP contribution >= 0.6 is 15.9 Å². The monoisotopic (exact) mass is 403 g/mol. The molecule has 0 aliphatic rings. The average molecular weight is 404 g/mol. The lowest BCUT2D eigenvalue weighted by molar-refractivity contribution is 1.14. The van der Waals surface area contributed by atoms with E-state index in [0.29, 0.717) is 0 Å². The minimum absolute atomic E-state index is 0.719. The van der Waals surface area contributed by atoms with Gasteiger partial charge in [-0.25, -0.2) is 9.97 Å². The molecule has 0 amide bonds. The Labute approximate surface area is 161 Å². The van der Waals surface area contributed by atoms with E-state index in [0.717, 1.165) is 44.7 Å². The van der Waals surface area contributed by atoms with Crippen molar-refractivity contribution in [3.8, 4) is 11.4 Å². The van der Waals surface area contributed by atoms with E-state index < -0.39 is 0 Å². The molecule has 0 radical (unpaired) electrons. The summed E-state index contributed by atoms with van der Waals surface area (Å²) in [6.45, 7) is 2.16. The summed E-state index contributed by atoms with van der Waals surface area (Å²) in [6.07, 6.45) is 0.960. The third-order valence-electron chi connectivity index (χ3n) is 4.34. The molecule has 3 nitrogen and oxygen atoms in total. The number of para-hydroxylation sites is 1. The van der Waals surface area contributed by atoms with Crippen LogP contribution in [0.1, 0.15) is 12.5 Å². The Hall–Kier alpha value is -2.72. The Morgan fingerprint density at radius 3 is 2.46 bits per heavy atom. The van der Waals surface area contributed by atoms with Crippen molar-refractivity contribution in [3.63, 3.8) is 0 Å². The number of rotatable bonds is 4. The number of benzene rings is 3. The van der Waals surface area contributed by atoms with Gasteiger partial charge in [0.05, 0.1) is 5.52 Å². The van der Waals surface area contributed by atoms with Crippen LogP contribution in [-0.2, 0) is 6.42 Å². The first-order chi connectivity index (χ1) is 12.7. The molecule has 0 unspecified atom stereocenters. The maximum Gasteiger partial charge on any atom is 0.162 e. The first-order valence-corrected chi connectivity index (χ1v) is 9.41.